The van der Waals surface area contributed by atoms with Crippen LogP contribution in [0.25, 0.3) is 10.9 Å². The lowest BCUT2D eigenvalue weighted by molar-refractivity contribution is -0.129. The summed E-state index contributed by atoms with van der Waals surface area (Å²) in [6, 6.07) is 15.3. The lowest BCUT2D eigenvalue weighted by atomic mass is 10.0. The summed E-state index contributed by atoms with van der Waals surface area (Å²) in [5.41, 5.74) is 5.78. The largest absolute Gasteiger partial charge is 0.494 e. The van der Waals surface area contributed by atoms with Gasteiger partial charge in [-0.3, -0.25) is 10.0 Å². The second kappa shape index (κ2) is 8.79. The highest BCUT2D eigenvalue weighted by molar-refractivity contribution is 6.58. The molecule has 4 N–H and O–H groups in total. The number of H-pyrrole nitrogens is 1. The summed E-state index contributed by atoms with van der Waals surface area (Å²) >= 11 is 0. The van der Waals surface area contributed by atoms with Gasteiger partial charge in [0.2, 0.25) is 5.91 Å². The van der Waals surface area contributed by atoms with Gasteiger partial charge in [0.05, 0.1) is 11.3 Å². The lowest BCUT2D eigenvalue weighted by Gasteiger charge is -2.05. The number of hydrogen-bond acceptors (Lipinski definition) is 6. The fourth-order valence-electron chi connectivity index (χ4n) is 3.50. The van der Waals surface area contributed by atoms with Crippen molar-refractivity contribution in [1.29, 1.82) is 0 Å². The average molecular weight is 406 g/mol. The molecular weight excluding hydrogens is 384 g/mol. The van der Waals surface area contributed by atoms with Gasteiger partial charge in [0.15, 0.2) is 5.88 Å². The summed E-state index contributed by atoms with van der Waals surface area (Å²) in [6.45, 7) is 0.388. The smallest absolute Gasteiger partial charge is 0.243 e. The molecule has 2 aromatic carbocycles. The Hall–Kier alpha value is -3.65. The Morgan fingerprint density at radius 2 is 1.90 bits per heavy atom. The number of aromatic nitrogens is 1. The fourth-order valence-corrected chi connectivity index (χ4v) is 3.50. The molecule has 3 aromatic rings. The molecule has 0 unspecified atom stereocenters. The lowest BCUT2D eigenvalue weighted by Crippen LogP contribution is -2.17. The molecule has 0 saturated carbocycles. The topological polar surface area (TPSA) is 119 Å². The molecule has 30 heavy (non-hydrogen) atoms. The van der Waals surface area contributed by atoms with Gasteiger partial charge < -0.3 is 14.9 Å². The number of aromatic hydroxyl groups is 1. The van der Waals surface area contributed by atoms with E-state index in [1.165, 1.54) is 0 Å². The highest BCUT2D eigenvalue weighted by atomic mass is 16.6. The van der Waals surface area contributed by atoms with Crippen LogP contribution in [0, 0.1) is 0 Å². The van der Waals surface area contributed by atoms with E-state index in [-0.39, 0.29) is 12.3 Å². The molecule has 1 amide bonds. The summed E-state index contributed by atoms with van der Waals surface area (Å²) in [5, 5.41) is 24.2. The predicted octanol–water partition coefficient (Wildman–Crippen LogP) is 3.79. The van der Waals surface area contributed by atoms with Crippen molar-refractivity contribution in [2.24, 2.45) is 10.1 Å². The summed E-state index contributed by atoms with van der Waals surface area (Å²) in [6.07, 6.45) is 2.43. The minimum atomic E-state index is -0.391. The number of nitrogens with zero attached hydrogens (tertiary/aromatic N) is 2. The third kappa shape index (κ3) is 3.90. The SMILES string of the molecule is O=C(CCCCCO/N=C1/C(c2c(O)[nH]c3ccccc23)=Nc2ccccc21)NO. The van der Waals surface area contributed by atoms with E-state index in [0.717, 1.165) is 35.0 Å². The van der Waals surface area contributed by atoms with Crippen LogP contribution in [0.5, 0.6) is 5.88 Å². The number of benzene rings is 2. The molecule has 2 heterocycles. The molecule has 0 fully saturated rings. The Morgan fingerprint density at radius 1 is 1.10 bits per heavy atom. The number of fused-ring (bicyclic) bond motifs is 2. The van der Waals surface area contributed by atoms with Crippen molar-refractivity contribution < 1.29 is 19.9 Å². The van der Waals surface area contributed by atoms with E-state index >= 15 is 0 Å². The van der Waals surface area contributed by atoms with Gasteiger partial charge in [-0.1, -0.05) is 41.6 Å². The molecule has 4 rings (SSSR count). The Kier molecular flexibility index (Phi) is 5.76. The summed E-state index contributed by atoms with van der Waals surface area (Å²) in [4.78, 5) is 24.2. The highest BCUT2D eigenvalue weighted by Crippen LogP contribution is 2.35. The van der Waals surface area contributed by atoms with E-state index in [4.69, 9.17) is 15.0 Å². The number of para-hydroxylation sites is 2. The van der Waals surface area contributed by atoms with Crippen LogP contribution in [0.4, 0.5) is 5.69 Å². The standard InChI is InChI=1S/C22H22N4O4/c27-18(25-29)12-2-1-7-13-30-26-20-15-9-4-6-11-17(15)23-21(20)19-14-8-3-5-10-16(14)24-22(19)28/h3-6,8-11,24,28-29H,1-2,7,12-13H2,(H,25,27)/b26-20+. The third-order valence-electron chi connectivity index (χ3n) is 4.96. The molecule has 0 atom stereocenters. The van der Waals surface area contributed by atoms with Gasteiger partial charge in [0, 0.05) is 22.9 Å². The molecule has 0 bridgehead atoms. The minimum absolute atomic E-state index is 0.0395. The fraction of sp³-hybridized carbons (Fsp3) is 0.227. The van der Waals surface area contributed by atoms with Crippen molar-refractivity contribution in [3.05, 3.63) is 59.7 Å². The number of hydrogen-bond donors (Lipinski definition) is 4. The Bertz CT molecular complexity index is 1130. The molecule has 154 valence electrons. The molecule has 8 nitrogen and oxygen atoms in total. The number of unbranched alkanes of at least 4 members (excludes halogenated alkanes) is 2. The van der Waals surface area contributed by atoms with E-state index in [1.807, 2.05) is 48.5 Å². The summed E-state index contributed by atoms with van der Waals surface area (Å²) < 4.78 is 0. The van der Waals surface area contributed by atoms with Crippen LogP contribution < -0.4 is 5.48 Å². The van der Waals surface area contributed by atoms with E-state index in [2.05, 4.69) is 10.1 Å². The average Bonchev–Trinajstić information content (AvgIpc) is 3.29. The molecule has 0 spiro atoms. The van der Waals surface area contributed by atoms with Crippen LogP contribution in [0.3, 0.4) is 0 Å². The maximum atomic E-state index is 11.0. The third-order valence-corrected chi connectivity index (χ3v) is 4.96. The van der Waals surface area contributed by atoms with Gasteiger partial charge in [-0.05, 0) is 31.4 Å². The van der Waals surface area contributed by atoms with E-state index in [1.54, 1.807) is 5.48 Å². The number of rotatable bonds is 8. The van der Waals surface area contributed by atoms with Crippen molar-refractivity contribution in [2.45, 2.75) is 25.7 Å². The quantitative estimate of drug-likeness (QED) is 0.258. The van der Waals surface area contributed by atoms with E-state index in [9.17, 15) is 9.90 Å². The summed E-state index contributed by atoms with van der Waals surface area (Å²) in [7, 11) is 0. The molecule has 1 aromatic heterocycles. The number of aliphatic imine (C=N–C) groups is 1. The van der Waals surface area contributed by atoms with Crippen LogP contribution in [0.1, 0.15) is 36.8 Å². The Morgan fingerprint density at radius 3 is 2.77 bits per heavy atom. The van der Waals surface area contributed by atoms with Crippen LogP contribution in [-0.2, 0) is 9.63 Å². The number of hydroxylamine groups is 1. The Labute approximate surface area is 172 Å². The van der Waals surface area contributed by atoms with Crippen LogP contribution >= 0.6 is 0 Å². The van der Waals surface area contributed by atoms with Gasteiger partial charge in [0.25, 0.3) is 0 Å². The number of carbonyl (C=O) groups is 1. The van der Waals surface area contributed by atoms with Gasteiger partial charge in [-0.25, -0.2) is 10.5 Å². The van der Waals surface area contributed by atoms with Crippen molar-refractivity contribution in [1.82, 2.24) is 10.5 Å². The molecule has 0 aliphatic carbocycles. The van der Waals surface area contributed by atoms with Gasteiger partial charge in [-0.15, -0.1) is 0 Å². The van der Waals surface area contributed by atoms with Crippen LogP contribution in [0.15, 0.2) is 58.7 Å². The number of amides is 1. The van der Waals surface area contributed by atoms with Crippen molar-refractivity contribution in [2.75, 3.05) is 6.61 Å². The summed E-state index contributed by atoms with van der Waals surface area (Å²) in [5.74, 6) is -0.351. The van der Waals surface area contributed by atoms with E-state index in [0.29, 0.717) is 30.0 Å². The normalized spacial score (nSPS) is 14.0. The van der Waals surface area contributed by atoms with E-state index < -0.39 is 5.91 Å². The zero-order chi connectivity index (χ0) is 20.9. The van der Waals surface area contributed by atoms with Gasteiger partial charge >= 0.3 is 0 Å². The predicted molar refractivity (Wildman–Crippen MR) is 113 cm³/mol. The number of oxime groups is 1. The second-order valence-corrected chi connectivity index (χ2v) is 6.99. The number of aromatic amines is 1. The van der Waals surface area contributed by atoms with Crippen LogP contribution in [0.2, 0.25) is 0 Å². The molecule has 0 radical (unpaired) electrons. The van der Waals surface area contributed by atoms with Gasteiger partial charge in [0.1, 0.15) is 18.0 Å². The first-order chi connectivity index (χ1) is 14.7. The molecule has 1 aliphatic rings. The molecule has 0 saturated heterocycles. The maximum absolute atomic E-state index is 11.0. The first-order valence-electron chi connectivity index (χ1n) is 9.80. The first-order valence-corrected chi connectivity index (χ1v) is 9.80. The number of nitrogens with one attached hydrogen (secondary N) is 2. The molecular formula is C22H22N4O4. The second-order valence-electron chi connectivity index (χ2n) is 6.99. The highest BCUT2D eigenvalue weighted by Gasteiger charge is 2.29. The Balaban J connectivity index is 1.53. The van der Waals surface area contributed by atoms with Gasteiger partial charge in [-0.2, -0.15) is 0 Å². The molecule has 1 aliphatic heterocycles. The van der Waals surface area contributed by atoms with Crippen molar-refractivity contribution >= 4 is 33.9 Å². The monoisotopic (exact) mass is 406 g/mol. The first kappa shape index (κ1) is 19.7. The maximum Gasteiger partial charge on any atom is 0.243 e. The zero-order valence-electron chi connectivity index (χ0n) is 16.3. The van der Waals surface area contributed by atoms with Crippen molar-refractivity contribution in [3.8, 4) is 5.88 Å². The number of carbonyl (C=O) groups excluding carboxylic acids is 1. The van der Waals surface area contributed by atoms with Crippen LogP contribution in [-0.4, -0.2) is 39.2 Å². The van der Waals surface area contributed by atoms with Crippen molar-refractivity contribution in [3.63, 3.8) is 0 Å². The minimum Gasteiger partial charge on any atom is -0.494 e. The zero-order valence-corrected chi connectivity index (χ0v) is 16.3. The molecule has 8 heteroatoms.